The lowest BCUT2D eigenvalue weighted by Gasteiger charge is -2.17. The number of nitrogens with two attached hydrogens (primary N) is 2. The minimum atomic E-state index is -1.42. The van der Waals surface area contributed by atoms with Gasteiger partial charge >= 0.3 is 11.9 Å². The number of carboxylic acid groups (broad SMARTS) is 2. The van der Waals surface area contributed by atoms with Crippen LogP contribution in [0.1, 0.15) is 26.2 Å². The Balaban J connectivity index is 4.43. The zero-order valence-corrected chi connectivity index (χ0v) is 14.6. The Hall–Kier alpha value is -3.22. The first kappa shape index (κ1) is 23.8. The van der Waals surface area contributed by atoms with E-state index in [9.17, 15) is 28.8 Å². The summed E-state index contributed by atoms with van der Waals surface area (Å²) in [4.78, 5) is 67.3. The average molecular weight is 389 g/mol. The maximum Gasteiger partial charge on any atom is 0.326 e. The highest BCUT2D eigenvalue weighted by Crippen LogP contribution is 1.98. The van der Waals surface area contributed by atoms with E-state index in [1.165, 1.54) is 6.92 Å². The fourth-order valence-corrected chi connectivity index (χ4v) is 1.79. The molecule has 0 saturated heterocycles. The van der Waals surface area contributed by atoms with Crippen LogP contribution in [-0.2, 0) is 28.8 Å². The van der Waals surface area contributed by atoms with Crippen molar-refractivity contribution in [1.29, 1.82) is 0 Å². The molecule has 0 bridgehead atoms. The summed E-state index contributed by atoms with van der Waals surface area (Å²) in [6.07, 6.45) is -1.19. The summed E-state index contributed by atoms with van der Waals surface area (Å²) in [6, 6.07) is -3.74. The fraction of sp³-hybridized carbons (Fsp3) is 0.571. The van der Waals surface area contributed by atoms with Gasteiger partial charge in [-0.3, -0.25) is 24.0 Å². The molecule has 0 fully saturated rings. The zero-order valence-electron chi connectivity index (χ0n) is 14.6. The number of carbonyl (C=O) groups excluding carboxylic acids is 4. The third kappa shape index (κ3) is 10.4. The maximum atomic E-state index is 11.8. The van der Waals surface area contributed by atoms with Gasteiger partial charge in [0.25, 0.3) is 0 Å². The van der Waals surface area contributed by atoms with Crippen LogP contribution in [0.2, 0.25) is 0 Å². The van der Waals surface area contributed by atoms with Gasteiger partial charge in [0.15, 0.2) is 0 Å². The van der Waals surface area contributed by atoms with Gasteiger partial charge in [-0.15, -0.1) is 0 Å². The van der Waals surface area contributed by atoms with Gasteiger partial charge in [-0.05, 0) is 13.3 Å². The van der Waals surface area contributed by atoms with Gasteiger partial charge in [0.1, 0.15) is 12.1 Å². The number of hydrogen-bond acceptors (Lipinski definition) is 7. The van der Waals surface area contributed by atoms with Gasteiger partial charge in [0.2, 0.25) is 23.6 Å². The topological polar surface area (TPSA) is 231 Å². The number of amides is 4. The van der Waals surface area contributed by atoms with Gasteiger partial charge < -0.3 is 37.6 Å². The molecule has 0 heterocycles. The summed E-state index contributed by atoms with van der Waals surface area (Å²) >= 11 is 0. The first-order valence-corrected chi connectivity index (χ1v) is 7.80. The van der Waals surface area contributed by atoms with Crippen LogP contribution in [0.5, 0.6) is 0 Å². The summed E-state index contributed by atoms with van der Waals surface area (Å²) in [7, 11) is 0. The smallest absolute Gasteiger partial charge is 0.326 e. The Morgan fingerprint density at radius 1 is 1.00 bits per heavy atom. The summed E-state index contributed by atoms with van der Waals surface area (Å²) in [5, 5.41) is 23.9. The zero-order chi connectivity index (χ0) is 21.1. The van der Waals surface area contributed by atoms with E-state index in [0.717, 1.165) is 0 Å². The number of carbonyl (C=O) groups is 6. The maximum absolute atomic E-state index is 11.8. The Labute approximate surface area is 153 Å². The first-order chi connectivity index (χ1) is 12.4. The molecule has 13 nitrogen and oxygen atoms in total. The summed E-state index contributed by atoms with van der Waals surface area (Å²) in [5.74, 6) is -5.84. The molecule has 0 rings (SSSR count). The quantitative estimate of drug-likeness (QED) is 0.173. The Bertz CT molecular complexity index is 608. The number of nitrogens with one attached hydrogen (secondary N) is 3. The van der Waals surface area contributed by atoms with Crippen LogP contribution in [0.4, 0.5) is 0 Å². The van der Waals surface area contributed by atoms with E-state index in [0.29, 0.717) is 0 Å². The van der Waals surface area contributed by atoms with E-state index in [2.05, 4.69) is 16.0 Å². The highest BCUT2D eigenvalue weighted by atomic mass is 16.4. The number of hydrogen-bond donors (Lipinski definition) is 7. The highest BCUT2D eigenvalue weighted by molar-refractivity contribution is 5.93. The van der Waals surface area contributed by atoms with Crippen molar-refractivity contribution in [3.8, 4) is 0 Å². The van der Waals surface area contributed by atoms with Crippen molar-refractivity contribution in [1.82, 2.24) is 16.0 Å². The second-order valence-corrected chi connectivity index (χ2v) is 5.62. The number of carboxylic acids is 2. The number of rotatable bonds is 12. The Morgan fingerprint density at radius 2 is 1.59 bits per heavy atom. The average Bonchev–Trinajstić information content (AvgIpc) is 2.54. The molecular weight excluding hydrogens is 366 g/mol. The van der Waals surface area contributed by atoms with Crippen molar-refractivity contribution in [2.45, 2.75) is 44.3 Å². The van der Waals surface area contributed by atoms with Crippen molar-refractivity contribution < 1.29 is 39.0 Å². The molecule has 0 aliphatic carbocycles. The summed E-state index contributed by atoms with van der Waals surface area (Å²) in [5.41, 5.74) is 10.3. The van der Waals surface area contributed by atoms with Crippen molar-refractivity contribution in [2.24, 2.45) is 11.5 Å². The van der Waals surface area contributed by atoms with Crippen LogP contribution >= 0.6 is 0 Å². The van der Waals surface area contributed by atoms with Gasteiger partial charge in [0.05, 0.1) is 19.0 Å². The van der Waals surface area contributed by atoms with Gasteiger partial charge in [-0.25, -0.2) is 4.79 Å². The van der Waals surface area contributed by atoms with E-state index in [1.807, 2.05) is 0 Å². The van der Waals surface area contributed by atoms with Gasteiger partial charge in [0, 0.05) is 6.42 Å². The van der Waals surface area contributed by atoms with E-state index in [-0.39, 0.29) is 6.42 Å². The van der Waals surface area contributed by atoms with Crippen molar-refractivity contribution >= 4 is 35.6 Å². The summed E-state index contributed by atoms with van der Waals surface area (Å²) < 4.78 is 0. The Kier molecular flexibility index (Phi) is 10.0. The van der Waals surface area contributed by atoms with Crippen LogP contribution in [0.25, 0.3) is 0 Å². The van der Waals surface area contributed by atoms with E-state index >= 15 is 0 Å². The van der Waals surface area contributed by atoms with Gasteiger partial charge in [-0.2, -0.15) is 0 Å². The lowest BCUT2D eigenvalue weighted by Crippen LogP contribution is -2.52. The molecule has 152 valence electrons. The van der Waals surface area contributed by atoms with E-state index in [4.69, 9.17) is 21.7 Å². The second kappa shape index (κ2) is 11.4. The number of primary amides is 1. The molecule has 27 heavy (non-hydrogen) atoms. The monoisotopic (exact) mass is 389 g/mol. The molecule has 0 saturated carbocycles. The Morgan fingerprint density at radius 3 is 2.07 bits per heavy atom. The molecule has 9 N–H and O–H groups in total. The largest absolute Gasteiger partial charge is 0.481 e. The van der Waals surface area contributed by atoms with Crippen LogP contribution in [0, 0.1) is 0 Å². The molecule has 0 aromatic rings. The van der Waals surface area contributed by atoms with Crippen molar-refractivity contribution in [2.75, 3.05) is 6.54 Å². The standard InChI is InChI=1S/C14H23N5O8/c1-6(18-13(25)7(15)4-9(16)20)12(24)17-5-10(21)19-8(14(26)27)2-3-11(22)23/h6-8H,2-5,15H2,1H3,(H2,16,20)(H,17,24)(H,18,25)(H,19,21)(H,22,23)(H,26,27)/t6-,7-,8-/m0/s1. The molecule has 0 aliphatic rings. The van der Waals surface area contributed by atoms with Gasteiger partial charge in [-0.1, -0.05) is 0 Å². The third-order valence-electron chi connectivity index (χ3n) is 3.21. The molecular formula is C14H23N5O8. The molecule has 0 aliphatic heterocycles. The lowest BCUT2D eigenvalue weighted by atomic mass is 10.1. The molecule has 13 heteroatoms. The fourth-order valence-electron chi connectivity index (χ4n) is 1.79. The molecule has 0 unspecified atom stereocenters. The third-order valence-corrected chi connectivity index (χ3v) is 3.21. The molecule has 0 aromatic carbocycles. The molecule has 4 amide bonds. The SMILES string of the molecule is C[C@H](NC(=O)[C@@H](N)CC(N)=O)C(=O)NCC(=O)N[C@@H](CCC(=O)O)C(=O)O. The lowest BCUT2D eigenvalue weighted by molar-refractivity contribution is -0.143. The van der Waals surface area contributed by atoms with Crippen molar-refractivity contribution in [3.05, 3.63) is 0 Å². The van der Waals surface area contributed by atoms with Crippen LogP contribution in [0.15, 0.2) is 0 Å². The predicted octanol–water partition coefficient (Wildman–Crippen LogP) is -3.76. The summed E-state index contributed by atoms with van der Waals surface area (Å²) in [6.45, 7) is 0.707. The number of aliphatic carboxylic acids is 2. The van der Waals surface area contributed by atoms with Crippen LogP contribution in [0.3, 0.4) is 0 Å². The van der Waals surface area contributed by atoms with Crippen LogP contribution < -0.4 is 27.4 Å². The second-order valence-electron chi connectivity index (χ2n) is 5.62. The minimum Gasteiger partial charge on any atom is -0.481 e. The molecule has 0 aromatic heterocycles. The van der Waals surface area contributed by atoms with Crippen LogP contribution in [-0.4, -0.2) is 70.5 Å². The minimum absolute atomic E-state index is 0.325. The van der Waals surface area contributed by atoms with E-state index in [1.54, 1.807) is 0 Å². The molecule has 0 spiro atoms. The predicted molar refractivity (Wildman–Crippen MR) is 88.8 cm³/mol. The molecule has 3 atom stereocenters. The van der Waals surface area contributed by atoms with E-state index < -0.39 is 73.1 Å². The normalized spacial score (nSPS) is 13.6. The highest BCUT2D eigenvalue weighted by Gasteiger charge is 2.23. The molecule has 0 radical (unpaired) electrons. The first-order valence-electron chi connectivity index (χ1n) is 7.80. The van der Waals surface area contributed by atoms with Crippen molar-refractivity contribution in [3.63, 3.8) is 0 Å².